The molecule has 0 aliphatic rings. The van der Waals surface area contributed by atoms with Crippen LogP contribution in [0.2, 0.25) is 0 Å². The molecule has 4 aromatic carbocycles. The fourth-order valence-corrected chi connectivity index (χ4v) is 5.72. The quantitative estimate of drug-likeness (QED) is 0.129. The summed E-state index contributed by atoms with van der Waals surface area (Å²) >= 11 is 0. The SMILES string of the molecule is C=C/C=C(C=C)/C(=C/C(=N)c1ccc(-c2ccc3oc(C=C)c(/C=C\C)c3c2)cc1-c1ccc2oc3ccccc3c2c1)N=C. The third kappa shape index (κ3) is 5.34. The molecular formula is C41H32N2O2. The highest BCUT2D eigenvalue weighted by atomic mass is 16.3. The number of nitrogens with zero attached hydrogens (tertiary/aromatic N) is 1. The number of furan rings is 2. The van der Waals surface area contributed by atoms with Crippen molar-refractivity contribution in [1.29, 1.82) is 5.41 Å². The van der Waals surface area contributed by atoms with Crippen LogP contribution in [0.3, 0.4) is 0 Å². The van der Waals surface area contributed by atoms with E-state index in [2.05, 4.69) is 61.8 Å². The van der Waals surface area contributed by atoms with Gasteiger partial charge in [0.05, 0.1) is 11.4 Å². The van der Waals surface area contributed by atoms with E-state index in [9.17, 15) is 5.41 Å². The summed E-state index contributed by atoms with van der Waals surface area (Å²) in [5.41, 5.74) is 9.70. The molecule has 0 spiro atoms. The highest BCUT2D eigenvalue weighted by Crippen LogP contribution is 2.37. The molecule has 2 aromatic heterocycles. The minimum Gasteiger partial charge on any atom is -0.456 e. The van der Waals surface area contributed by atoms with E-state index in [1.165, 1.54) is 0 Å². The van der Waals surface area contributed by atoms with Crippen molar-refractivity contribution in [3.8, 4) is 22.3 Å². The van der Waals surface area contributed by atoms with Crippen molar-refractivity contribution in [2.45, 2.75) is 6.92 Å². The standard InChI is InChI=1S/C41H32N2O2/c1-6-12-26(8-3)37(43-5)25-36(42)30-19-16-27(28-17-20-40-34(23-28)31(13-7-2)38(9-4)44-40)22-33(30)29-18-21-41-35(24-29)32-14-10-11-15-39(32)45-41/h6-25,42H,1,3-5H2,2H3/b13-7-,26-12+,37-25-,42-36?. The van der Waals surface area contributed by atoms with E-state index in [4.69, 9.17) is 8.83 Å². The molecule has 6 rings (SSSR count). The van der Waals surface area contributed by atoms with Gasteiger partial charge in [0.25, 0.3) is 0 Å². The lowest BCUT2D eigenvalue weighted by atomic mass is 9.90. The smallest absolute Gasteiger partial charge is 0.135 e. The lowest BCUT2D eigenvalue weighted by Crippen LogP contribution is -2.01. The number of allylic oxidation sites excluding steroid dienone is 5. The molecule has 6 aromatic rings. The first kappa shape index (κ1) is 29.1. The summed E-state index contributed by atoms with van der Waals surface area (Å²) in [7, 11) is 0. The van der Waals surface area contributed by atoms with Crippen molar-refractivity contribution in [3.63, 3.8) is 0 Å². The molecule has 218 valence electrons. The van der Waals surface area contributed by atoms with E-state index in [-0.39, 0.29) is 0 Å². The second-order valence-electron chi connectivity index (χ2n) is 10.5. The van der Waals surface area contributed by atoms with Gasteiger partial charge in [-0.05, 0) is 90.0 Å². The first-order chi connectivity index (χ1) is 22.0. The number of rotatable bonds is 10. The van der Waals surface area contributed by atoms with Crippen molar-refractivity contribution < 1.29 is 8.83 Å². The first-order valence-corrected chi connectivity index (χ1v) is 14.6. The molecule has 0 atom stereocenters. The maximum absolute atomic E-state index is 9.20. The molecule has 0 saturated heterocycles. The molecule has 0 bridgehead atoms. The minimum atomic E-state index is 0.296. The van der Waals surface area contributed by atoms with Gasteiger partial charge in [-0.25, -0.2) is 0 Å². The Balaban J connectivity index is 1.56. The molecule has 0 aliphatic heterocycles. The maximum Gasteiger partial charge on any atom is 0.135 e. The normalized spacial score (nSPS) is 12.3. The monoisotopic (exact) mass is 584 g/mol. The number of benzene rings is 4. The van der Waals surface area contributed by atoms with Gasteiger partial charge in [-0.2, -0.15) is 0 Å². The van der Waals surface area contributed by atoms with Crippen molar-refractivity contribution in [2.75, 3.05) is 0 Å². The topological polar surface area (TPSA) is 62.5 Å². The summed E-state index contributed by atoms with van der Waals surface area (Å²) in [4.78, 5) is 4.19. The number of aliphatic imine (C=N–C) groups is 1. The average molecular weight is 585 g/mol. The van der Waals surface area contributed by atoms with Crippen molar-refractivity contribution in [2.24, 2.45) is 4.99 Å². The highest BCUT2D eigenvalue weighted by Gasteiger charge is 2.16. The van der Waals surface area contributed by atoms with Crippen LogP contribution in [0.1, 0.15) is 23.8 Å². The second kappa shape index (κ2) is 12.3. The highest BCUT2D eigenvalue weighted by molar-refractivity contribution is 6.13. The van der Waals surface area contributed by atoms with Crippen LogP contribution >= 0.6 is 0 Å². The van der Waals surface area contributed by atoms with Gasteiger partial charge in [-0.3, -0.25) is 4.99 Å². The lowest BCUT2D eigenvalue weighted by molar-refractivity contribution is 0.603. The Bertz CT molecular complexity index is 2270. The predicted molar refractivity (Wildman–Crippen MR) is 192 cm³/mol. The molecule has 0 fully saturated rings. The zero-order valence-corrected chi connectivity index (χ0v) is 25.1. The van der Waals surface area contributed by atoms with Gasteiger partial charge in [0.2, 0.25) is 0 Å². The van der Waals surface area contributed by atoms with E-state index < -0.39 is 0 Å². The van der Waals surface area contributed by atoms with Crippen LogP contribution in [0.25, 0.3) is 67.3 Å². The van der Waals surface area contributed by atoms with Gasteiger partial charge in [-0.1, -0.05) is 92.6 Å². The van der Waals surface area contributed by atoms with Crippen LogP contribution in [0.5, 0.6) is 0 Å². The predicted octanol–water partition coefficient (Wildman–Crippen LogP) is 11.6. The number of nitrogens with one attached hydrogen (secondary N) is 1. The molecule has 0 radical (unpaired) electrons. The summed E-state index contributed by atoms with van der Waals surface area (Å²) in [6.07, 6.45) is 12.7. The first-order valence-electron chi connectivity index (χ1n) is 14.6. The van der Waals surface area contributed by atoms with Crippen LogP contribution in [0.4, 0.5) is 0 Å². The lowest BCUT2D eigenvalue weighted by Gasteiger charge is -2.13. The van der Waals surface area contributed by atoms with Gasteiger partial charge in [0.15, 0.2) is 0 Å². The summed E-state index contributed by atoms with van der Waals surface area (Å²) in [5.74, 6) is 0.744. The third-order valence-corrected chi connectivity index (χ3v) is 7.87. The van der Waals surface area contributed by atoms with Crippen LogP contribution in [-0.4, -0.2) is 12.4 Å². The van der Waals surface area contributed by atoms with E-state index in [1.807, 2.05) is 67.6 Å². The Morgan fingerprint density at radius 3 is 2.20 bits per heavy atom. The molecule has 0 aliphatic carbocycles. The zero-order chi connectivity index (χ0) is 31.5. The molecule has 2 heterocycles. The van der Waals surface area contributed by atoms with Gasteiger partial charge >= 0.3 is 0 Å². The van der Waals surface area contributed by atoms with Crippen LogP contribution in [-0.2, 0) is 0 Å². The number of fused-ring (bicyclic) bond motifs is 4. The summed E-state index contributed by atoms with van der Waals surface area (Å²) in [6, 6.07) is 26.6. The van der Waals surface area contributed by atoms with Crippen molar-refractivity contribution >= 4 is 57.5 Å². The fourth-order valence-electron chi connectivity index (χ4n) is 5.72. The third-order valence-electron chi connectivity index (χ3n) is 7.87. The van der Waals surface area contributed by atoms with Gasteiger partial charge < -0.3 is 14.2 Å². The van der Waals surface area contributed by atoms with Crippen LogP contribution < -0.4 is 0 Å². The van der Waals surface area contributed by atoms with Gasteiger partial charge in [-0.15, -0.1) is 0 Å². The van der Waals surface area contributed by atoms with Crippen molar-refractivity contribution in [1.82, 2.24) is 0 Å². The van der Waals surface area contributed by atoms with E-state index in [0.29, 0.717) is 11.4 Å². The van der Waals surface area contributed by atoms with E-state index >= 15 is 0 Å². The van der Waals surface area contributed by atoms with E-state index in [1.54, 1.807) is 30.4 Å². The Hall–Kier alpha value is -6.00. The minimum absolute atomic E-state index is 0.296. The van der Waals surface area contributed by atoms with Crippen LogP contribution in [0.15, 0.2) is 154 Å². The zero-order valence-electron chi connectivity index (χ0n) is 25.1. The number of hydrogen-bond acceptors (Lipinski definition) is 4. The van der Waals surface area contributed by atoms with Gasteiger partial charge in [0.1, 0.15) is 22.5 Å². The molecule has 45 heavy (non-hydrogen) atoms. The average Bonchev–Trinajstić information content (AvgIpc) is 3.63. The fraction of sp³-hybridized carbons (Fsp3) is 0.0244. The Kier molecular flexibility index (Phi) is 7.96. The van der Waals surface area contributed by atoms with Gasteiger partial charge in [0, 0.05) is 27.3 Å². The summed E-state index contributed by atoms with van der Waals surface area (Å²) in [6.45, 7) is 17.3. The maximum atomic E-state index is 9.20. The molecular weight excluding hydrogens is 552 g/mol. The number of para-hydroxylation sites is 1. The number of hydrogen-bond donors (Lipinski definition) is 1. The summed E-state index contributed by atoms with van der Waals surface area (Å²) < 4.78 is 12.2. The molecule has 0 unspecified atom stereocenters. The van der Waals surface area contributed by atoms with Crippen LogP contribution in [0, 0.1) is 5.41 Å². The Labute approximate surface area is 262 Å². The second-order valence-corrected chi connectivity index (χ2v) is 10.5. The van der Waals surface area contributed by atoms with Crippen molar-refractivity contribution in [3.05, 3.63) is 157 Å². The molecule has 1 N–H and O–H groups in total. The Morgan fingerprint density at radius 2 is 1.47 bits per heavy atom. The molecule has 0 saturated carbocycles. The Morgan fingerprint density at radius 1 is 0.778 bits per heavy atom. The molecule has 0 amide bonds. The molecule has 4 heteroatoms. The summed E-state index contributed by atoms with van der Waals surface area (Å²) in [5, 5.41) is 12.3. The van der Waals surface area contributed by atoms with E-state index in [0.717, 1.165) is 77.6 Å². The largest absolute Gasteiger partial charge is 0.456 e. The molecule has 4 nitrogen and oxygen atoms in total.